The maximum absolute atomic E-state index is 11.7. The molecule has 1 saturated heterocycles. The Kier molecular flexibility index (Phi) is 6.46. The van der Waals surface area contributed by atoms with Crippen LogP contribution in [-0.4, -0.2) is 41.7 Å². The predicted octanol–water partition coefficient (Wildman–Crippen LogP) is 1.95. The Morgan fingerprint density at radius 1 is 1.38 bits per heavy atom. The Bertz CT molecular complexity index is 471. The number of piperidine rings is 1. The first-order chi connectivity index (χ1) is 10.2. The molecule has 0 saturated carbocycles. The standard InChI is InChI=1S/C17H29N3O/c1-3-9-18-15(2)16-7-6-10-19(14-16)12-13-20-11-5-4-8-17(20)21/h4-5,8,11,15-16,18H,3,6-7,9-10,12-14H2,1-2H3. The third-order valence-corrected chi connectivity index (χ3v) is 4.52. The van der Waals surface area contributed by atoms with Gasteiger partial charge in [-0.05, 0) is 51.3 Å². The number of rotatable bonds is 7. The third-order valence-electron chi connectivity index (χ3n) is 4.52. The first-order valence-electron chi connectivity index (χ1n) is 8.32. The van der Waals surface area contributed by atoms with Crippen LogP contribution in [0.15, 0.2) is 29.2 Å². The molecule has 4 heteroatoms. The summed E-state index contributed by atoms with van der Waals surface area (Å²) in [6.07, 6.45) is 5.67. The van der Waals surface area contributed by atoms with Crippen molar-refractivity contribution in [3.63, 3.8) is 0 Å². The van der Waals surface area contributed by atoms with Gasteiger partial charge in [0.25, 0.3) is 5.56 Å². The smallest absolute Gasteiger partial charge is 0.250 e. The average Bonchev–Trinajstić information content (AvgIpc) is 2.52. The van der Waals surface area contributed by atoms with Crippen LogP contribution in [0.2, 0.25) is 0 Å². The Morgan fingerprint density at radius 2 is 2.24 bits per heavy atom. The Hall–Kier alpha value is -1.13. The zero-order chi connectivity index (χ0) is 15.1. The molecule has 2 rings (SSSR count). The van der Waals surface area contributed by atoms with E-state index in [9.17, 15) is 4.79 Å². The minimum atomic E-state index is 0.101. The van der Waals surface area contributed by atoms with Crippen molar-refractivity contribution in [2.45, 2.75) is 45.7 Å². The molecule has 1 N–H and O–H groups in total. The topological polar surface area (TPSA) is 37.3 Å². The summed E-state index contributed by atoms with van der Waals surface area (Å²) in [6, 6.07) is 5.95. The fourth-order valence-corrected chi connectivity index (χ4v) is 3.14. The van der Waals surface area contributed by atoms with Crippen molar-refractivity contribution in [1.29, 1.82) is 0 Å². The molecule has 2 unspecified atom stereocenters. The van der Waals surface area contributed by atoms with Gasteiger partial charge in [0.1, 0.15) is 0 Å². The van der Waals surface area contributed by atoms with E-state index in [0.29, 0.717) is 6.04 Å². The van der Waals surface area contributed by atoms with Crippen LogP contribution in [0.1, 0.15) is 33.1 Å². The molecule has 1 fully saturated rings. The summed E-state index contributed by atoms with van der Waals surface area (Å²) in [6.45, 7) is 9.72. The minimum Gasteiger partial charge on any atom is -0.314 e. The van der Waals surface area contributed by atoms with Gasteiger partial charge in [0.15, 0.2) is 0 Å². The second kappa shape index (κ2) is 8.35. The summed E-state index contributed by atoms with van der Waals surface area (Å²) < 4.78 is 1.81. The summed E-state index contributed by atoms with van der Waals surface area (Å²) in [5, 5.41) is 3.62. The minimum absolute atomic E-state index is 0.101. The van der Waals surface area contributed by atoms with Crippen LogP contribution >= 0.6 is 0 Å². The van der Waals surface area contributed by atoms with Gasteiger partial charge in [-0.3, -0.25) is 4.79 Å². The van der Waals surface area contributed by atoms with E-state index in [-0.39, 0.29) is 5.56 Å². The summed E-state index contributed by atoms with van der Waals surface area (Å²) in [7, 11) is 0. The van der Waals surface area contributed by atoms with Crippen molar-refractivity contribution >= 4 is 0 Å². The summed E-state index contributed by atoms with van der Waals surface area (Å²) in [5.74, 6) is 0.734. The normalized spacial score (nSPS) is 21.3. The number of nitrogens with one attached hydrogen (secondary N) is 1. The van der Waals surface area contributed by atoms with Crippen LogP contribution in [0.5, 0.6) is 0 Å². The van der Waals surface area contributed by atoms with Crippen LogP contribution in [0.4, 0.5) is 0 Å². The highest BCUT2D eigenvalue weighted by Crippen LogP contribution is 2.19. The van der Waals surface area contributed by atoms with Gasteiger partial charge < -0.3 is 14.8 Å². The second-order valence-corrected chi connectivity index (χ2v) is 6.18. The van der Waals surface area contributed by atoms with E-state index in [1.165, 1.54) is 25.8 Å². The fourth-order valence-electron chi connectivity index (χ4n) is 3.14. The Morgan fingerprint density at radius 3 is 3.00 bits per heavy atom. The van der Waals surface area contributed by atoms with Crippen LogP contribution in [0.3, 0.4) is 0 Å². The van der Waals surface area contributed by atoms with E-state index in [1.54, 1.807) is 12.1 Å². The molecular weight excluding hydrogens is 262 g/mol. The van der Waals surface area contributed by atoms with Crippen molar-refractivity contribution < 1.29 is 0 Å². The maximum atomic E-state index is 11.7. The van der Waals surface area contributed by atoms with E-state index in [1.807, 2.05) is 16.8 Å². The lowest BCUT2D eigenvalue weighted by molar-refractivity contribution is 0.146. The summed E-state index contributed by atoms with van der Waals surface area (Å²) in [4.78, 5) is 14.2. The van der Waals surface area contributed by atoms with E-state index in [2.05, 4.69) is 24.1 Å². The average molecular weight is 291 g/mol. The van der Waals surface area contributed by atoms with Gasteiger partial charge in [-0.15, -0.1) is 0 Å². The van der Waals surface area contributed by atoms with Gasteiger partial charge in [-0.25, -0.2) is 0 Å². The molecule has 1 aliphatic rings. The zero-order valence-electron chi connectivity index (χ0n) is 13.4. The van der Waals surface area contributed by atoms with Crippen LogP contribution in [0.25, 0.3) is 0 Å². The van der Waals surface area contributed by atoms with Gasteiger partial charge in [0.2, 0.25) is 0 Å². The highest BCUT2D eigenvalue weighted by molar-refractivity contribution is 4.93. The number of likely N-dealkylation sites (tertiary alicyclic amines) is 1. The van der Waals surface area contributed by atoms with Crippen molar-refractivity contribution in [2.24, 2.45) is 5.92 Å². The Labute approximate surface area is 128 Å². The molecule has 0 bridgehead atoms. The van der Waals surface area contributed by atoms with Gasteiger partial charge in [0.05, 0.1) is 0 Å². The number of pyridine rings is 1. The lowest BCUT2D eigenvalue weighted by atomic mass is 9.91. The molecule has 118 valence electrons. The number of nitrogens with zero attached hydrogens (tertiary/aromatic N) is 2. The molecular formula is C17H29N3O. The van der Waals surface area contributed by atoms with Gasteiger partial charge >= 0.3 is 0 Å². The zero-order valence-corrected chi connectivity index (χ0v) is 13.4. The molecule has 1 aliphatic heterocycles. The van der Waals surface area contributed by atoms with E-state index < -0.39 is 0 Å². The molecule has 2 heterocycles. The molecule has 0 spiro atoms. The van der Waals surface area contributed by atoms with Gasteiger partial charge in [-0.1, -0.05) is 13.0 Å². The second-order valence-electron chi connectivity index (χ2n) is 6.18. The highest BCUT2D eigenvalue weighted by atomic mass is 16.1. The molecule has 0 amide bonds. The molecule has 0 radical (unpaired) electrons. The van der Waals surface area contributed by atoms with Crippen molar-refractivity contribution in [3.05, 3.63) is 34.7 Å². The summed E-state index contributed by atoms with van der Waals surface area (Å²) >= 11 is 0. The van der Waals surface area contributed by atoms with Crippen molar-refractivity contribution in [3.8, 4) is 0 Å². The summed E-state index contributed by atoms with van der Waals surface area (Å²) in [5.41, 5.74) is 0.101. The van der Waals surface area contributed by atoms with Crippen molar-refractivity contribution in [2.75, 3.05) is 26.2 Å². The van der Waals surface area contributed by atoms with Crippen LogP contribution < -0.4 is 10.9 Å². The molecule has 0 aromatic carbocycles. The van der Waals surface area contributed by atoms with Gasteiger partial charge in [-0.2, -0.15) is 0 Å². The lowest BCUT2D eigenvalue weighted by Crippen LogP contribution is -2.45. The van der Waals surface area contributed by atoms with E-state index in [0.717, 1.165) is 32.1 Å². The van der Waals surface area contributed by atoms with Crippen LogP contribution in [0, 0.1) is 5.92 Å². The molecule has 4 nitrogen and oxygen atoms in total. The van der Waals surface area contributed by atoms with E-state index >= 15 is 0 Å². The maximum Gasteiger partial charge on any atom is 0.250 e. The fraction of sp³-hybridized carbons (Fsp3) is 0.706. The molecule has 21 heavy (non-hydrogen) atoms. The first-order valence-corrected chi connectivity index (χ1v) is 8.32. The number of hydrogen-bond acceptors (Lipinski definition) is 3. The van der Waals surface area contributed by atoms with E-state index in [4.69, 9.17) is 0 Å². The highest BCUT2D eigenvalue weighted by Gasteiger charge is 2.23. The van der Waals surface area contributed by atoms with Crippen LogP contribution in [-0.2, 0) is 6.54 Å². The largest absolute Gasteiger partial charge is 0.314 e. The monoisotopic (exact) mass is 291 g/mol. The first kappa shape index (κ1) is 16.2. The van der Waals surface area contributed by atoms with Gasteiger partial charge in [0, 0.05) is 37.9 Å². The number of hydrogen-bond donors (Lipinski definition) is 1. The SMILES string of the molecule is CCCNC(C)C1CCCN(CCn2ccccc2=O)C1. The molecule has 0 aliphatic carbocycles. The third kappa shape index (κ3) is 4.97. The molecule has 1 aromatic heterocycles. The predicted molar refractivity (Wildman–Crippen MR) is 87.6 cm³/mol. The Balaban J connectivity index is 1.81. The number of aromatic nitrogens is 1. The lowest BCUT2D eigenvalue weighted by Gasteiger charge is -2.36. The molecule has 1 aromatic rings. The quantitative estimate of drug-likeness (QED) is 0.834. The molecule has 2 atom stereocenters. The van der Waals surface area contributed by atoms with Crippen molar-refractivity contribution in [1.82, 2.24) is 14.8 Å².